The molecule has 1 heterocycles. The van der Waals surface area contributed by atoms with E-state index in [0.717, 1.165) is 13.1 Å². The van der Waals surface area contributed by atoms with E-state index < -0.39 is 0 Å². The molecule has 0 radical (unpaired) electrons. The van der Waals surface area contributed by atoms with Crippen molar-refractivity contribution in [3.63, 3.8) is 0 Å². The summed E-state index contributed by atoms with van der Waals surface area (Å²) < 4.78 is 0. The standard InChI is InChI=1S/C16H24N4O2/c1-12-4-3-5-14(13(12)2)19-6-8-20(9-7-19)16(22)11-18-15(21)10-17/h3-5H,6-11,17H2,1-2H3,(H,18,21). The third-order valence-corrected chi connectivity index (χ3v) is 4.17. The molecule has 0 aromatic heterocycles. The Kier molecular flexibility index (Phi) is 5.38. The first kappa shape index (κ1) is 16.3. The van der Waals surface area contributed by atoms with E-state index in [9.17, 15) is 9.59 Å². The van der Waals surface area contributed by atoms with E-state index in [1.807, 2.05) is 0 Å². The van der Waals surface area contributed by atoms with Crippen molar-refractivity contribution >= 4 is 17.5 Å². The first-order chi connectivity index (χ1) is 10.5. The highest BCUT2D eigenvalue weighted by molar-refractivity contribution is 5.85. The number of rotatable bonds is 4. The van der Waals surface area contributed by atoms with Gasteiger partial charge in [0.2, 0.25) is 11.8 Å². The summed E-state index contributed by atoms with van der Waals surface area (Å²) in [6, 6.07) is 6.30. The Hall–Kier alpha value is -2.08. The van der Waals surface area contributed by atoms with Crippen LogP contribution in [0.5, 0.6) is 0 Å². The van der Waals surface area contributed by atoms with Crippen molar-refractivity contribution in [3.8, 4) is 0 Å². The molecule has 1 saturated heterocycles. The summed E-state index contributed by atoms with van der Waals surface area (Å²) in [5.41, 5.74) is 9.01. The number of nitrogens with one attached hydrogen (secondary N) is 1. The van der Waals surface area contributed by atoms with Crippen molar-refractivity contribution < 1.29 is 9.59 Å². The van der Waals surface area contributed by atoms with Crippen molar-refractivity contribution in [2.45, 2.75) is 13.8 Å². The van der Waals surface area contributed by atoms with Gasteiger partial charge in [-0.1, -0.05) is 12.1 Å². The minimum atomic E-state index is -0.303. The summed E-state index contributed by atoms with van der Waals surface area (Å²) in [5, 5.41) is 2.52. The Morgan fingerprint density at radius 1 is 1.18 bits per heavy atom. The van der Waals surface area contributed by atoms with E-state index in [2.05, 4.69) is 42.3 Å². The van der Waals surface area contributed by atoms with Gasteiger partial charge < -0.3 is 20.9 Å². The zero-order valence-electron chi connectivity index (χ0n) is 13.3. The number of hydrogen-bond acceptors (Lipinski definition) is 4. The van der Waals surface area contributed by atoms with Crippen molar-refractivity contribution in [1.82, 2.24) is 10.2 Å². The lowest BCUT2D eigenvalue weighted by Crippen LogP contribution is -2.51. The summed E-state index contributed by atoms with van der Waals surface area (Å²) in [6.45, 7) is 7.13. The molecule has 2 rings (SSSR count). The molecule has 0 bridgehead atoms. The van der Waals surface area contributed by atoms with E-state index in [1.165, 1.54) is 16.8 Å². The number of piperazine rings is 1. The molecule has 22 heavy (non-hydrogen) atoms. The van der Waals surface area contributed by atoms with Crippen LogP contribution in [0.25, 0.3) is 0 Å². The molecule has 0 atom stereocenters. The summed E-state index contributed by atoms with van der Waals surface area (Å²) in [5.74, 6) is -0.357. The van der Waals surface area contributed by atoms with E-state index in [0.29, 0.717) is 13.1 Å². The monoisotopic (exact) mass is 304 g/mol. The number of benzene rings is 1. The number of carbonyl (C=O) groups excluding carboxylic acids is 2. The molecule has 6 nitrogen and oxygen atoms in total. The van der Waals surface area contributed by atoms with Crippen LogP contribution in [-0.4, -0.2) is 56.0 Å². The quantitative estimate of drug-likeness (QED) is 0.822. The Bertz CT molecular complexity index is 551. The van der Waals surface area contributed by atoms with Gasteiger partial charge in [0.05, 0.1) is 13.1 Å². The molecule has 6 heteroatoms. The maximum absolute atomic E-state index is 12.0. The first-order valence-electron chi connectivity index (χ1n) is 7.58. The third kappa shape index (κ3) is 3.76. The highest BCUT2D eigenvalue weighted by Crippen LogP contribution is 2.23. The normalized spacial score (nSPS) is 14.9. The zero-order valence-corrected chi connectivity index (χ0v) is 13.3. The molecule has 3 N–H and O–H groups in total. The molecular formula is C16H24N4O2. The predicted molar refractivity (Wildman–Crippen MR) is 86.8 cm³/mol. The van der Waals surface area contributed by atoms with Gasteiger partial charge >= 0.3 is 0 Å². The number of hydrogen-bond donors (Lipinski definition) is 2. The maximum atomic E-state index is 12.0. The van der Waals surface area contributed by atoms with Gasteiger partial charge in [-0.05, 0) is 31.0 Å². The highest BCUT2D eigenvalue weighted by atomic mass is 16.2. The lowest BCUT2D eigenvalue weighted by Gasteiger charge is -2.37. The Morgan fingerprint density at radius 3 is 2.50 bits per heavy atom. The van der Waals surface area contributed by atoms with Crippen molar-refractivity contribution in [3.05, 3.63) is 29.3 Å². The van der Waals surface area contributed by atoms with E-state index in [1.54, 1.807) is 4.90 Å². The SMILES string of the molecule is Cc1cccc(N2CCN(C(=O)CNC(=O)CN)CC2)c1C. The number of carbonyl (C=O) groups is 2. The average Bonchev–Trinajstić information content (AvgIpc) is 2.55. The molecular weight excluding hydrogens is 280 g/mol. The summed E-state index contributed by atoms with van der Waals surface area (Å²) in [6.07, 6.45) is 0. The van der Waals surface area contributed by atoms with Crippen LogP contribution < -0.4 is 16.0 Å². The average molecular weight is 304 g/mol. The summed E-state index contributed by atoms with van der Waals surface area (Å²) in [4.78, 5) is 27.2. The lowest BCUT2D eigenvalue weighted by molar-refractivity contribution is -0.132. The number of aryl methyl sites for hydroxylation is 1. The molecule has 0 spiro atoms. The van der Waals surface area contributed by atoms with E-state index in [-0.39, 0.29) is 24.9 Å². The van der Waals surface area contributed by atoms with E-state index in [4.69, 9.17) is 5.73 Å². The first-order valence-corrected chi connectivity index (χ1v) is 7.58. The lowest BCUT2D eigenvalue weighted by atomic mass is 10.1. The second-order valence-corrected chi connectivity index (χ2v) is 5.57. The third-order valence-electron chi connectivity index (χ3n) is 4.17. The van der Waals surface area contributed by atoms with Gasteiger partial charge in [-0.15, -0.1) is 0 Å². The zero-order chi connectivity index (χ0) is 16.1. The van der Waals surface area contributed by atoms with Crippen LogP contribution in [0.15, 0.2) is 18.2 Å². The second-order valence-electron chi connectivity index (χ2n) is 5.57. The van der Waals surface area contributed by atoms with Crippen LogP contribution in [0.3, 0.4) is 0 Å². The Morgan fingerprint density at radius 2 is 1.86 bits per heavy atom. The van der Waals surface area contributed by atoms with Crippen LogP contribution in [0.2, 0.25) is 0 Å². The molecule has 1 aliphatic rings. The molecule has 120 valence electrons. The van der Waals surface area contributed by atoms with Crippen molar-refractivity contribution in [2.24, 2.45) is 5.73 Å². The van der Waals surface area contributed by atoms with Crippen LogP contribution >= 0.6 is 0 Å². The van der Waals surface area contributed by atoms with Gasteiger partial charge in [0.15, 0.2) is 0 Å². The van der Waals surface area contributed by atoms with Crippen molar-refractivity contribution in [1.29, 1.82) is 0 Å². The number of nitrogens with two attached hydrogens (primary N) is 1. The molecule has 0 unspecified atom stereocenters. The minimum Gasteiger partial charge on any atom is -0.368 e. The largest absolute Gasteiger partial charge is 0.368 e. The van der Waals surface area contributed by atoms with Crippen LogP contribution in [0.1, 0.15) is 11.1 Å². The second kappa shape index (κ2) is 7.26. The highest BCUT2D eigenvalue weighted by Gasteiger charge is 2.22. The molecule has 1 aliphatic heterocycles. The van der Waals surface area contributed by atoms with Crippen LogP contribution in [0.4, 0.5) is 5.69 Å². The summed E-state index contributed by atoms with van der Waals surface area (Å²) >= 11 is 0. The Labute approximate surface area is 131 Å². The number of amides is 2. The van der Waals surface area contributed by atoms with Gasteiger partial charge in [-0.2, -0.15) is 0 Å². The molecule has 0 saturated carbocycles. The fourth-order valence-corrected chi connectivity index (χ4v) is 2.63. The fraction of sp³-hybridized carbons (Fsp3) is 0.500. The minimum absolute atomic E-state index is 0.0273. The van der Waals surface area contributed by atoms with Gasteiger partial charge in [-0.25, -0.2) is 0 Å². The fourth-order valence-electron chi connectivity index (χ4n) is 2.63. The van der Waals surface area contributed by atoms with Gasteiger partial charge in [-0.3, -0.25) is 9.59 Å². The smallest absolute Gasteiger partial charge is 0.242 e. The van der Waals surface area contributed by atoms with Gasteiger partial charge in [0, 0.05) is 31.9 Å². The molecule has 2 amide bonds. The number of anilines is 1. The number of nitrogens with zero attached hydrogens (tertiary/aromatic N) is 2. The van der Waals surface area contributed by atoms with Gasteiger partial charge in [0.25, 0.3) is 0 Å². The van der Waals surface area contributed by atoms with Gasteiger partial charge in [0.1, 0.15) is 0 Å². The summed E-state index contributed by atoms with van der Waals surface area (Å²) in [7, 11) is 0. The topological polar surface area (TPSA) is 78.7 Å². The van der Waals surface area contributed by atoms with Crippen LogP contribution in [0, 0.1) is 13.8 Å². The molecule has 0 aliphatic carbocycles. The van der Waals surface area contributed by atoms with Crippen LogP contribution in [-0.2, 0) is 9.59 Å². The Balaban J connectivity index is 1.89. The molecule has 1 aromatic carbocycles. The van der Waals surface area contributed by atoms with E-state index >= 15 is 0 Å². The molecule has 1 fully saturated rings. The van der Waals surface area contributed by atoms with Crippen molar-refractivity contribution in [2.75, 3.05) is 44.2 Å². The molecule has 1 aromatic rings. The predicted octanol–water partition coefficient (Wildman–Crippen LogP) is 0.0269. The maximum Gasteiger partial charge on any atom is 0.242 e.